The maximum atomic E-state index is 12.1. The lowest BCUT2D eigenvalue weighted by molar-refractivity contribution is 0.0957. The number of nitrogens with one attached hydrogen (secondary N) is 1. The predicted octanol–water partition coefficient (Wildman–Crippen LogP) is 3.20. The van der Waals surface area contributed by atoms with Crippen LogP contribution < -0.4 is 19.5 Å². The maximum absolute atomic E-state index is 12.1. The zero-order valence-electron chi connectivity index (χ0n) is 13.9. The van der Waals surface area contributed by atoms with Crippen molar-refractivity contribution in [2.75, 3.05) is 20.8 Å². The quantitative estimate of drug-likeness (QED) is 0.757. The molecular weight excluding hydrogens is 306 g/mol. The Morgan fingerprint density at radius 3 is 2.29 bits per heavy atom. The topological polar surface area (TPSA) is 56.8 Å². The summed E-state index contributed by atoms with van der Waals surface area (Å²) in [6.45, 7) is 4.33. The van der Waals surface area contributed by atoms with Gasteiger partial charge in [-0.2, -0.15) is 0 Å². The fourth-order valence-corrected chi connectivity index (χ4v) is 2.15. The smallest absolute Gasteiger partial charge is 0.251 e. The monoisotopic (exact) mass is 327 g/mol. The number of carbonyl (C=O) groups is 1. The first-order chi connectivity index (χ1) is 11.7. The van der Waals surface area contributed by atoms with Crippen LogP contribution in [0.4, 0.5) is 0 Å². The molecule has 1 N–H and O–H groups in total. The maximum Gasteiger partial charge on any atom is 0.251 e. The summed E-state index contributed by atoms with van der Waals surface area (Å²) in [6.07, 6.45) is 1.61. The second-order valence-electron chi connectivity index (χ2n) is 4.98. The van der Waals surface area contributed by atoms with E-state index in [0.717, 1.165) is 5.56 Å². The van der Waals surface area contributed by atoms with E-state index in [2.05, 4.69) is 11.9 Å². The Bertz CT molecular complexity index is 673. The van der Waals surface area contributed by atoms with Gasteiger partial charge in [0.05, 0.1) is 14.2 Å². The molecule has 0 spiro atoms. The first-order valence-corrected chi connectivity index (χ1v) is 7.51. The molecule has 0 saturated heterocycles. The van der Waals surface area contributed by atoms with Crippen LogP contribution in [0.25, 0.3) is 0 Å². The SMILES string of the molecule is C=CCNC(=O)c1cc(OC)c(OCc2ccccc2)c(OC)c1. The molecule has 2 aromatic carbocycles. The van der Waals surface area contributed by atoms with Crippen LogP contribution >= 0.6 is 0 Å². The number of carbonyl (C=O) groups excluding carboxylic acids is 1. The first kappa shape index (κ1) is 17.4. The molecule has 0 fully saturated rings. The fraction of sp³-hybridized carbons (Fsp3) is 0.211. The van der Waals surface area contributed by atoms with Gasteiger partial charge in [0, 0.05) is 12.1 Å². The molecule has 0 aromatic heterocycles. The Morgan fingerprint density at radius 2 is 1.75 bits per heavy atom. The second-order valence-corrected chi connectivity index (χ2v) is 4.98. The van der Waals surface area contributed by atoms with Crippen molar-refractivity contribution < 1.29 is 19.0 Å². The first-order valence-electron chi connectivity index (χ1n) is 7.51. The van der Waals surface area contributed by atoms with Crippen LogP contribution in [0.3, 0.4) is 0 Å². The van der Waals surface area contributed by atoms with Crippen molar-refractivity contribution in [3.63, 3.8) is 0 Å². The minimum absolute atomic E-state index is 0.235. The summed E-state index contributed by atoms with van der Waals surface area (Å²) < 4.78 is 16.6. The molecular formula is C19H21NO4. The van der Waals surface area contributed by atoms with Gasteiger partial charge in [0.25, 0.3) is 5.91 Å². The molecule has 5 nitrogen and oxygen atoms in total. The molecule has 0 atom stereocenters. The van der Waals surface area contributed by atoms with E-state index >= 15 is 0 Å². The highest BCUT2D eigenvalue weighted by atomic mass is 16.5. The van der Waals surface area contributed by atoms with Gasteiger partial charge in [-0.1, -0.05) is 36.4 Å². The van der Waals surface area contributed by atoms with Crippen molar-refractivity contribution >= 4 is 5.91 Å². The molecule has 0 bridgehead atoms. The normalized spacial score (nSPS) is 9.92. The van der Waals surface area contributed by atoms with Crippen molar-refractivity contribution in [3.8, 4) is 17.2 Å². The van der Waals surface area contributed by atoms with Crippen LogP contribution in [0.15, 0.2) is 55.1 Å². The van der Waals surface area contributed by atoms with E-state index in [9.17, 15) is 4.79 Å². The van der Waals surface area contributed by atoms with E-state index in [1.54, 1.807) is 18.2 Å². The summed E-state index contributed by atoms with van der Waals surface area (Å²) in [5.41, 5.74) is 1.45. The van der Waals surface area contributed by atoms with Gasteiger partial charge < -0.3 is 19.5 Å². The van der Waals surface area contributed by atoms with Crippen LogP contribution in [-0.2, 0) is 6.61 Å². The van der Waals surface area contributed by atoms with E-state index in [1.807, 2.05) is 30.3 Å². The molecule has 0 aliphatic heterocycles. The van der Waals surface area contributed by atoms with Crippen LogP contribution in [-0.4, -0.2) is 26.7 Å². The lowest BCUT2D eigenvalue weighted by atomic mass is 10.1. The standard InChI is InChI=1S/C19H21NO4/c1-4-10-20-19(21)15-11-16(22-2)18(17(12-15)23-3)24-13-14-8-6-5-7-9-14/h4-9,11-12H,1,10,13H2,2-3H3,(H,20,21). The summed E-state index contributed by atoms with van der Waals surface area (Å²) in [7, 11) is 3.05. The lowest BCUT2D eigenvalue weighted by Crippen LogP contribution is -2.23. The van der Waals surface area contributed by atoms with E-state index < -0.39 is 0 Å². The van der Waals surface area contributed by atoms with Gasteiger partial charge in [-0.25, -0.2) is 0 Å². The molecule has 126 valence electrons. The van der Waals surface area contributed by atoms with E-state index in [1.165, 1.54) is 14.2 Å². The van der Waals surface area contributed by atoms with Crippen molar-refractivity contribution in [3.05, 3.63) is 66.2 Å². The molecule has 2 aromatic rings. The third-order valence-electron chi connectivity index (χ3n) is 3.36. The summed E-state index contributed by atoms with van der Waals surface area (Å²) in [4.78, 5) is 12.1. The van der Waals surface area contributed by atoms with Gasteiger partial charge in [0.2, 0.25) is 5.75 Å². The third kappa shape index (κ3) is 4.29. The Hall–Kier alpha value is -2.95. The summed E-state index contributed by atoms with van der Waals surface area (Å²) in [5, 5.41) is 2.72. The van der Waals surface area contributed by atoms with Gasteiger partial charge in [0.15, 0.2) is 11.5 Å². The van der Waals surface area contributed by atoms with Gasteiger partial charge in [-0.05, 0) is 17.7 Å². The molecule has 24 heavy (non-hydrogen) atoms. The minimum atomic E-state index is -0.235. The Balaban J connectivity index is 2.26. The third-order valence-corrected chi connectivity index (χ3v) is 3.36. The number of rotatable bonds is 8. The van der Waals surface area contributed by atoms with Crippen LogP contribution in [0.1, 0.15) is 15.9 Å². The summed E-state index contributed by atoms with van der Waals surface area (Å²) in [6, 6.07) is 13.0. The van der Waals surface area contributed by atoms with Gasteiger partial charge >= 0.3 is 0 Å². The summed E-state index contributed by atoms with van der Waals surface area (Å²) >= 11 is 0. The molecule has 0 radical (unpaired) electrons. The van der Waals surface area contributed by atoms with Gasteiger partial charge in [-0.3, -0.25) is 4.79 Å². The van der Waals surface area contributed by atoms with Crippen LogP contribution in [0, 0.1) is 0 Å². The summed E-state index contributed by atoms with van der Waals surface area (Å²) in [5.74, 6) is 1.10. The largest absolute Gasteiger partial charge is 0.493 e. The van der Waals surface area contributed by atoms with E-state index in [0.29, 0.717) is 36.0 Å². The van der Waals surface area contributed by atoms with Gasteiger partial charge in [-0.15, -0.1) is 6.58 Å². The van der Waals surface area contributed by atoms with Crippen molar-refractivity contribution in [2.24, 2.45) is 0 Å². The van der Waals surface area contributed by atoms with Crippen LogP contribution in [0.2, 0.25) is 0 Å². The molecule has 5 heteroatoms. The molecule has 0 saturated carbocycles. The van der Waals surface area contributed by atoms with Crippen molar-refractivity contribution in [1.82, 2.24) is 5.32 Å². The molecule has 1 amide bonds. The molecule has 0 unspecified atom stereocenters. The fourth-order valence-electron chi connectivity index (χ4n) is 2.15. The lowest BCUT2D eigenvalue weighted by Gasteiger charge is -2.16. The van der Waals surface area contributed by atoms with E-state index in [4.69, 9.17) is 14.2 Å². The zero-order valence-corrected chi connectivity index (χ0v) is 13.9. The highest BCUT2D eigenvalue weighted by molar-refractivity contribution is 5.95. The van der Waals surface area contributed by atoms with Gasteiger partial charge in [0.1, 0.15) is 6.61 Å². The number of hydrogen-bond acceptors (Lipinski definition) is 4. The number of amides is 1. The predicted molar refractivity (Wildman–Crippen MR) is 92.9 cm³/mol. The van der Waals surface area contributed by atoms with E-state index in [-0.39, 0.29) is 5.91 Å². The van der Waals surface area contributed by atoms with Crippen molar-refractivity contribution in [1.29, 1.82) is 0 Å². The number of hydrogen-bond donors (Lipinski definition) is 1. The zero-order chi connectivity index (χ0) is 17.4. The Morgan fingerprint density at radius 1 is 1.12 bits per heavy atom. The number of benzene rings is 2. The molecule has 0 aliphatic rings. The molecule has 0 heterocycles. The molecule has 2 rings (SSSR count). The average Bonchev–Trinajstić information content (AvgIpc) is 2.64. The molecule has 0 aliphatic carbocycles. The Kier molecular flexibility index (Phi) is 6.25. The average molecular weight is 327 g/mol. The second kappa shape index (κ2) is 8.62. The minimum Gasteiger partial charge on any atom is -0.493 e. The van der Waals surface area contributed by atoms with Crippen LogP contribution in [0.5, 0.6) is 17.2 Å². The number of methoxy groups -OCH3 is 2. The Labute approximate surface area is 141 Å². The number of ether oxygens (including phenoxy) is 3. The highest BCUT2D eigenvalue weighted by Gasteiger charge is 2.17. The van der Waals surface area contributed by atoms with Crippen molar-refractivity contribution in [2.45, 2.75) is 6.61 Å². The highest BCUT2D eigenvalue weighted by Crippen LogP contribution is 2.39.